The zero-order valence-electron chi connectivity index (χ0n) is 12.2. The average molecular weight is 304 g/mol. The standard InChI is InChI=1S/C14H16N4O4/c1-7(2)12-11(17-6-22-12)13(19)18-4-9-8(15-5-16-9)3-10(18)14(20)21/h5-7,10H,3-4H2,1-2H3,(H,15,16)(H,20,21). The van der Waals surface area contributed by atoms with Crippen molar-refractivity contribution in [3.63, 3.8) is 0 Å². The highest BCUT2D eigenvalue weighted by atomic mass is 16.4. The number of carboxylic acid groups (broad SMARTS) is 1. The molecule has 1 unspecified atom stereocenters. The van der Waals surface area contributed by atoms with Gasteiger partial charge in [0.1, 0.15) is 11.8 Å². The molecule has 2 N–H and O–H groups in total. The van der Waals surface area contributed by atoms with Gasteiger partial charge in [-0.2, -0.15) is 0 Å². The summed E-state index contributed by atoms with van der Waals surface area (Å²) in [5.41, 5.74) is 1.60. The summed E-state index contributed by atoms with van der Waals surface area (Å²) in [6, 6.07) is -0.958. The molecular weight excluding hydrogens is 288 g/mol. The largest absolute Gasteiger partial charge is 0.480 e. The lowest BCUT2D eigenvalue weighted by Gasteiger charge is -2.32. The number of aliphatic carboxylic acids is 1. The van der Waals surface area contributed by atoms with Crippen molar-refractivity contribution in [2.45, 2.75) is 38.8 Å². The van der Waals surface area contributed by atoms with E-state index in [1.807, 2.05) is 13.8 Å². The molecule has 0 saturated heterocycles. The van der Waals surface area contributed by atoms with Crippen molar-refractivity contribution in [3.8, 4) is 0 Å². The fourth-order valence-corrected chi connectivity index (χ4v) is 2.63. The zero-order chi connectivity index (χ0) is 15.9. The summed E-state index contributed by atoms with van der Waals surface area (Å²) >= 11 is 0. The van der Waals surface area contributed by atoms with Crippen LogP contribution in [0.5, 0.6) is 0 Å². The molecule has 22 heavy (non-hydrogen) atoms. The van der Waals surface area contributed by atoms with Crippen LogP contribution in [0.15, 0.2) is 17.1 Å². The normalized spacial score (nSPS) is 17.6. The predicted molar refractivity (Wildman–Crippen MR) is 74.2 cm³/mol. The van der Waals surface area contributed by atoms with E-state index in [0.717, 1.165) is 5.69 Å². The van der Waals surface area contributed by atoms with Crippen LogP contribution in [0.25, 0.3) is 0 Å². The van der Waals surface area contributed by atoms with Gasteiger partial charge >= 0.3 is 5.97 Å². The Labute approximate surface area is 126 Å². The highest BCUT2D eigenvalue weighted by molar-refractivity contribution is 5.96. The van der Waals surface area contributed by atoms with Crippen molar-refractivity contribution in [2.75, 3.05) is 0 Å². The van der Waals surface area contributed by atoms with E-state index in [0.29, 0.717) is 11.5 Å². The third-order valence-electron chi connectivity index (χ3n) is 3.77. The van der Waals surface area contributed by atoms with E-state index < -0.39 is 17.9 Å². The van der Waals surface area contributed by atoms with Gasteiger partial charge in [0.15, 0.2) is 12.1 Å². The van der Waals surface area contributed by atoms with E-state index in [2.05, 4.69) is 15.0 Å². The number of carbonyl (C=O) groups is 2. The first kappa shape index (κ1) is 14.3. The molecule has 1 aliphatic heterocycles. The monoisotopic (exact) mass is 304 g/mol. The fourth-order valence-electron chi connectivity index (χ4n) is 2.63. The second-order valence-corrected chi connectivity index (χ2v) is 5.54. The van der Waals surface area contributed by atoms with E-state index in [4.69, 9.17) is 4.42 Å². The van der Waals surface area contributed by atoms with Crippen LogP contribution >= 0.6 is 0 Å². The third-order valence-corrected chi connectivity index (χ3v) is 3.77. The number of rotatable bonds is 3. The van der Waals surface area contributed by atoms with Gasteiger partial charge < -0.3 is 19.4 Å². The van der Waals surface area contributed by atoms with Gasteiger partial charge in [-0.15, -0.1) is 0 Å². The average Bonchev–Trinajstić information content (AvgIpc) is 3.13. The molecule has 2 aromatic rings. The third kappa shape index (κ3) is 2.26. The second kappa shape index (κ2) is 5.28. The maximum atomic E-state index is 12.7. The minimum Gasteiger partial charge on any atom is -0.480 e. The molecule has 1 atom stereocenters. The van der Waals surface area contributed by atoms with Crippen molar-refractivity contribution in [1.29, 1.82) is 0 Å². The first-order valence-electron chi connectivity index (χ1n) is 6.97. The molecule has 0 saturated carbocycles. The van der Waals surface area contributed by atoms with Gasteiger partial charge in [-0.05, 0) is 0 Å². The summed E-state index contributed by atoms with van der Waals surface area (Å²) in [5, 5.41) is 9.42. The maximum Gasteiger partial charge on any atom is 0.326 e. The number of carboxylic acids is 1. The predicted octanol–water partition coefficient (Wildman–Crippen LogP) is 1.17. The SMILES string of the molecule is CC(C)c1ocnc1C(=O)N1Cc2[nH]cnc2CC1C(=O)O. The molecule has 116 valence electrons. The Morgan fingerprint density at radius 1 is 1.45 bits per heavy atom. The topological polar surface area (TPSA) is 112 Å². The molecule has 0 fully saturated rings. The number of carbonyl (C=O) groups excluding carboxylic acids is 1. The van der Waals surface area contributed by atoms with Crippen LogP contribution in [0.4, 0.5) is 0 Å². The number of fused-ring (bicyclic) bond motifs is 1. The number of aromatic nitrogens is 3. The van der Waals surface area contributed by atoms with Crippen LogP contribution in [0.3, 0.4) is 0 Å². The van der Waals surface area contributed by atoms with Crippen LogP contribution in [-0.2, 0) is 17.8 Å². The van der Waals surface area contributed by atoms with E-state index >= 15 is 0 Å². The number of amides is 1. The Kier molecular flexibility index (Phi) is 3.44. The van der Waals surface area contributed by atoms with Crippen LogP contribution in [0, 0.1) is 0 Å². The summed E-state index contributed by atoms with van der Waals surface area (Å²) in [4.78, 5) is 36.6. The number of oxazole rings is 1. The fraction of sp³-hybridized carbons (Fsp3) is 0.429. The number of nitrogens with one attached hydrogen (secondary N) is 1. The van der Waals surface area contributed by atoms with Gasteiger partial charge in [0.2, 0.25) is 0 Å². The van der Waals surface area contributed by atoms with Gasteiger partial charge in [0.05, 0.1) is 24.3 Å². The minimum absolute atomic E-state index is 0.0164. The summed E-state index contributed by atoms with van der Waals surface area (Å²) in [5.74, 6) is -1.05. The zero-order valence-corrected chi connectivity index (χ0v) is 12.2. The lowest BCUT2D eigenvalue weighted by atomic mass is 10.0. The van der Waals surface area contributed by atoms with Crippen LogP contribution in [-0.4, -0.2) is 42.9 Å². The summed E-state index contributed by atoms with van der Waals surface area (Å²) < 4.78 is 5.26. The van der Waals surface area contributed by atoms with Crippen molar-refractivity contribution >= 4 is 11.9 Å². The molecule has 0 bridgehead atoms. The van der Waals surface area contributed by atoms with E-state index in [9.17, 15) is 14.7 Å². The summed E-state index contributed by atoms with van der Waals surface area (Å²) in [6.07, 6.45) is 2.89. The van der Waals surface area contributed by atoms with Crippen LogP contribution < -0.4 is 0 Å². The van der Waals surface area contributed by atoms with E-state index in [1.54, 1.807) is 0 Å². The van der Waals surface area contributed by atoms with Crippen molar-refractivity contribution in [1.82, 2.24) is 19.9 Å². The Bertz CT molecular complexity index is 718. The van der Waals surface area contributed by atoms with Gasteiger partial charge in [0.25, 0.3) is 5.91 Å². The second-order valence-electron chi connectivity index (χ2n) is 5.54. The molecule has 1 amide bonds. The van der Waals surface area contributed by atoms with Crippen molar-refractivity contribution < 1.29 is 19.1 Å². The van der Waals surface area contributed by atoms with Crippen LogP contribution in [0.1, 0.15) is 47.4 Å². The summed E-state index contributed by atoms with van der Waals surface area (Å²) in [6.45, 7) is 3.93. The smallest absolute Gasteiger partial charge is 0.326 e. The lowest BCUT2D eigenvalue weighted by Crippen LogP contribution is -2.49. The molecule has 8 nitrogen and oxygen atoms in total. The number of hydrogen-bond acceptors (Lipinski definition) is 5. The van der Waals surface area contributed by atoms with Gasteiger partial charge in [0, 0.05) is 12.3 Å². The highest BCUT2D eigenvalue weighted by Crippen LogP contribution is 2.25. The highest BCUT2D eigenvalue weighted by Gasteiger charge is 2.38. The molecule has 3 rings (SSSR count). The van der Waals surface area contributed by atoms with Crippen molar-refractivity contribution in [2.24, 2.45) is 0 Å². The number of aromatic amines is 1. The molecule has 0 radical (unpaired) electrons. The quantitative estimate of drug-likeness (QED) is 0.880. The maximum absolute atomic E-state index is 12.7. The molecule has 2 aromatic heterocycles. The number of imidazole rings is 1. The Balaban J connectivity index is 1.96. The Hall–Kier alpha value is -2.64. The first-order valence-corrected chi connectivity index (χ1v) is 6.97. The molecule has 8 heteroatoms. The molecule has 0 aromatic carbocycles. The Morgan fingerprint density at radius 3 is 2.91 bits per heavy atom. The lowest BCUT2D eigenvalue weighted by molar-refractivity contribution is -0.142. The van der Waals surface area contributed by atoms with E-state index in [-0.39, 0.29) is 24.6 Å². The van der Waals surface area contributed by atoms with Gasteiger partial charge in [-0.3, -0.25) is 4.79 Å². The minimum atomic E-state index is -1.06. The Morgan fingerprint density at radius 2 is 2.23 bits per heavy atom. The summed E-state index contributed by atoms with van der Waals surface area (Å²) in [7, 11) is 0. The van der Waals surface area contributed by atoms with Gasteiger partial charge in [-0.1, -0.05) is 13.8 Å². The number of H-pyrrole nitrogens is 1. The van der Waals surface area contributed by atoms with Crippen LogP contribution in [0.2, 0.25) is 0 Å². The molecule has 3 heterocycles. The van der Waals surface area contributed by atoms with E-state index in [1.165, 1.54) is 17.6 Å². The van der Waals surface area contributed by atoms with Gasteiger partial charge in [-0.25, -0.2) is 14.8 Å². The molecule has 0 aliphatic carbocycles. The number of hydrogen-bond donors (Lipinski definition) is 2. The van der Waals surface area contributed by atoms with Crippen molar-refractivity contribution in [3.05, 3.63) is 35.6 Å². The molecule has 0 spiro atoms. The molecule has 1 aliphatic rings. The number of nitrogens with zero attached hydrogens (tertiary/aromatic N) is 3. The molecular formula is C14H16N4O4. The first-order chi connectivity index (χ1) is 10.5.